The number of anilines is 1. The summed E-state index contributed by atoms with van der Waals surface area (Å²) < 4.78 is 34.6. The number of carbonyl (C=O) groups excluding carboxylic acids is 2. The SMILES string of the molecule is CC[C@@H](C(=O)NC1CCCCC1)N(Cc1cccc(OC)c1)C(=O)CN(c1cc(Cl)ccc1C)S(=O)(=O)c1ccccc1. The predicted octanol–water partition coefficient (Wildman–Crippen LogP) is 6.11. The number of sulfonamides is 1. The Morgan fingerprint density at radius 2 is 1.72 bits per heavy atom. The molecule has 0 radical (unpaired) electrons. The zero-order valence-corrected chi connectivity index (χ0v) is 26.5. The van der Waals surface area contributed by atoms with Gasteiger partial charge in [0.15, 0.2) is 0 Å². The Kier molecular flexibility index (Phi) is 11.1. The number of halogens is 1. The number of aryl methyl sites for hydroxylation is 1. The van der Waals surface area contributed by atoms with Gasteiger partial charge in [-0.15, -0.1) is 0 Å². The van der Waals surface area contributed by atoms with E-state index in [4.69, 9.17) is 16.3 Å². The third-order valence-corrected chi connectivity index (χ3v) is 9.88. The van der Waals surface area contributed by atoms with Crippen molar-refractivity contribution in [3.8, 4) is 5.75 Å². The first-order chi connectivity index (χ1) is 20.6. The van der Waals surface area contributed by atoms with Crippen molar-refractivity contribution in [3.05, 3.63) is 88.9 Å². The molecule has 1 aliphatic carbocycles. The second-order valence-corrected chi connectivity index (χ2v) is 13.2. The summed E-state index contributed by atoms with van der Waals surface area (Å²) in [4.78, 5) is 29.6. The molecule has 1 atom stereocenters. The molecule has 3 aromatic carbocycles. The van der Waals surface area contributed by atoms with Crippen molar-refractivity contribution in [1.82, 2.24) is 10.2 Å². The Morgan fingerprint density at radius 1 is 1.00 bits per heavy atom. The van der Waals surface area contributed by atoms with Crippen molar-refractivity contribution in [2.75, 3.05) is 18.0 Å². The summed E-state index contributed by atoms with van der Waals surface area (Å²) in [6.45, 7) is 3.21. The minimum Gasteiger partial charge on any atom is -0.497 e. The maximum absolute atomic E-state index is 14.3. The molecule has 0 aromatic heterocycles. The molecule has 0 spiro atoms. The molecular formula is C33H40ClN3O5S. The maximum atomic E-state index is 14.3. The van der Waals surface area contributed by atoms with E-state index in [9.17, 15) is 18.0 Å². The van der Waals surface area contributed by atoms with Gasteiger partial charge in [-0.05, 0) is 73.7 Å². The van der Waals surface area contributed by atoms with Gasteiger partial charge < -0.3 is 15.0 Å². The Labute approximate surface area is 260 Å². The van der Waals surface area contributed by atoms with Crippen LogP contribution in [0.3, 0.4) is 0 Å². The number of nitrogens with zero attached hydrogens (tertiary/aromatic N) is 2. The highest BCUT2D eigenvalue weighted by molar-refractivity contribution is 7.92. The maximum Gasteiger partial charge on any atom is 0.264 e. The van der Waals surface area contributed by atoms with Crippen LogP contribution >= 0.6 is 11.6 Å². The Hall–Kier alpha value is -3.56. The number of rotatable bonds is 12. The summed E-state index contributed by atoms with van der Waals surface area (Å²) in [5.74, 6) is -0.123. The van der Waals surface area contributed by atoms with Crippen LogP contribution in [0.5, 0.6) is 5.75 Å². The van der Waals surface area contributed by atoms with E-state index in [1.165, 1.54) is 17.0 Å². The highest BCUT2D eigenvalue weighted by atomic mass is 35.5. The number of amides is 2. The van der Waals surface area contributed by atoms with Crippen LogP contribution in [-0.2, 0) is 26.2 Å². The number of hydrogen-bond donors (Lipinski definition) is 1. The second kappa shape index (κ2) is 14.8. The highest BCUT2D eigenvalue weighted by Gasteiger charge is 2.35. The molecule has 1 N–H and O–H groups in total. The van der Waals surface area contributed by atoms with Crippen molar-refractivity contribution in [1.29, 1.82) is 0 Å². The molecule has 0 bridgehead atoms. The number of benzene rings is 3. The molecule has 1 fully saturated rings. The van der Waals surface area contributed by atoms with Crippen LogP contribution < -0.4 is 14.4 Å². The van der Waals surface area contributed by atoms with Crippen molar-refractivity contribution >= 4 is 39.1 Å². The van der Waals surface area contributed by atoms with Crippen LogP contribution in [0.1, 0.15) is 56.6 Å². The quantitative estimate of drug-likeness (QED) is 0.262. The van der Waals surface area contributed by atoms with Crippen molar-refractivity contribution in [2.24, 2.45) is 0 Å². The van der Waals surface area contributed by atoms with Gasteiger partial charge in [-0.3, -0.25) is 13.9 Å². The molecule has 10 heteroatoms. The number of hydrogen-bond acceptors (Lipinski definition) is 5. The summed E-state index contributed by atoms with van der Waals surface area (Å²) in [6, 6.07) is 19.5. The average Bonchev–Trinajstić information content (AvgIpc) is 3.02. The number of ether oxygens (including phenoxy) is 1. The second-order valence-electron chi connectivity index (χ2n) is 10.9. The van der Waals surface area contributed by atoms with Crippen LogP contribution in [0.2, 0.25) is 5.02 Å². The third-order valence-electron chi connectivity index (χ3n) is 7.87. The Morgan fingerprint density at radius 3 is 2.40 bits per heavy atom. The minimum atomic E-state index is -4.17. The van der Waals surface area contributed by atoms with E-state index in [1.54, 1.807) is 56.5 Å². The summed E-state index contributed by atoms with van der Waals surface area (Å²) in [5, 5.41) is 3.51. The van der Waals surface area contributed by atoms with Gasteiger partial charge in [-0.1, -0.05) is 74.2 Å². The Balaban J connectivity index is 1.74. The summed E-state index contributed by atoms with van der Waals surface area (Å²) >= 11 is 6.32. The van der Waals surface area contributed by atoms with E-state index in [-0.39, 0.29) is 23.4 Å². The number of nitrogens with one attached hydrogen (secondary N) is 1. The van der Waals surface area contributed by atoms with Crippen molar-refractivity contribution in [3.63, 3.8) is 0 Å². The molecule has 0 aliphatic heterocycles. The molecular weight excluding hydrogens is 586 g/mol. The van der Waals surface area contributed by atoms with Crippen molar-refractivity contribution in [2.45, 2.75) is 75.9 Å². The van der Waals surface area contributed by atoms with Crippen LogP contribution in [0.25, 0.3) is 0 Å². The van der Waals surface area contributed by atoms with Crippen LogP contribution in [0, 0.1) is 6.92 Å². The van der Waals surface area contributed by atoms with Crippen LogP contribution in [0.4, 0.5) is 5.69 Å². The molecule has 0 unspecified atom stereocenters. The topological polar surface area (TPSA) is 96.0 Å². The van der Waals surface area contributed by atoms with E-state index in [1.807, 2.05) is 25.1 Å². The first-order valence-electron chi connectivity index (χ1n) is 14.7. The lowest BCUT2D eigenvalue weighted by Crippen LogP contribution is -2.54. The first-order valence-corrected chi connectivity index (χ1v) is 16.5. The zero-order chi connectivity index (χ0) is 31.0. The number of methoxy groups -OCH3 is 1. The summed E-state index contributed by atoms with van der Waals surface area (Å²) in [5.41, 5.74) is 1.69. The van der Waals surface area contributed by atoms with Gasteiger partial charge in [0.1, 0.15) is 18.3 Å². The van der Waals surface area contributed by atoms with Gasteiger partial charge in [0.2, 0.25) is 11.8 Å². The largest absolute Gasteiger partial charge is 0.497 e. The fourth-order valence-corrected chi connectivity index (χ4v) is 7.17. The monoisotopic (exact) mass is 625 g/mol. The highest BCUT2D eigenvalue weighted by Crippen LogP contribution is 2.30. The minimum absolute atomic E-state index is 0.0450. The third kappa shape index (κ3) is 8.09. The van der Waals surface area contributed by atoms with Gasteiger partial charge in [-0.25, -0.2) is 8.42 Å². The standard InChI is InChI=1S/C33H40ClN3O5S/c1-4-30(33(39)35-27-13-7-5-8-14-27)36(22-25-12-11-15-28(20-25)42-3)32(38)23-37(31-21-26(34)19-18-24(31)2)43(40,41)29-16-9-6-10-17-29/h6,9-12,15-21,27,30H,4-5,7-8,13-14,22-23H2,1-3H3,(H,35,39)/t30-/m0/s1. The van der Waals surface area contributed by atoms with E-state index in [0.717, 1.165) is 42.0 Å². The molecule has 2 amide bonds. The first kappa shape index (κ1) is 32.4. The van der Waals surface area contributed by atoms with E-state index < -0.39 is 28.5 Å². The molecule has 1 saturated carbocycles. The lowest BCUT2D eigenvalue weighted by Gasteiger charge is -2.34. The molecule has 4 rings (SSSR count). The smallest absolute Gasteiger partial charge is 0.264 e. The van der Waals surface area contributed by atoms with E-state index in [0.29, 0.717) is 28.4 Å². The fraction of sp³-hybridized carbons (Fsp3) is 0.394. The van der Waals surface area contributed by atoms with Crippen molar-refractivity contribution < 1.29 is 22.7 Å². The van der Waals surface area contributed by atoms with Crippen LogP contribution in [-0.4, -0.2) is 50.9 Å². The van der Waals surface area contributed by atoms with Gasteiger partial charge in [-0.2, -0.15) is 0 Å². The van der Waals surface area contributed by atoms with E-state index in [2.05, 4.69) is 5.32 Å². The van der Waals surface area contributed by atoms with Gasteiger partial charge in [0.25, 0.3) is 10.0 Å². The fourth-order valence-electron chi connectivity index (χ4n) is 5.52. The molecule has 3 aromatic rings. The molecule has 43 heavy (non-hydrogen) atoms. The molecule has 0 saturated heterocycles. The number of carbonyl (C=O) groups is 2. The molecule has 230 valence electrons. The Bertz CT molecular complexity index is 1510. The lowest BCUT2D eigenvalue weighted by atomic mass is 9.95. The van der Waals surface area contributed by atoms with Gasteiger partial charge in [0, 0.05) is 17.6 Å². The molecule has 0 heterocycles. The van der Waals surface area contributed by atoms with Gasteiger partial charge in [0.05, 0.1) is 17.7 Å². The average molecular weight is 626 g/mol. The molecule has 1 aliphatic rings. The predicted molar refractivity (Wildman–Crippen MR) is 170 cm³/mol. The lowest BCUT2D eigenvalue weighted by molar-refractivity contribution is -0.140. The summed E-state index contributed by atoms with van der Waals surface area (Å²) in [6.07, 6.45) is 5.43. The zero-order valence-electron chi connectivity index (χ0n) is 25.0. The normalized spacial score (nSPS) is 14.5. The molecule has 8 nitrogen and oxygen atoms in total. The van der Waals surface area contributed by atoms with E-state index >= 15 is 0 Å². The summed E-state index contributed by atoms with van der Waals surface area (Å²) in [7, 11) is -2.61. The van der Waals surface area contributed by atoms with Crippen LogP contribution in [0.15, 0.2) is 77.7 Å². The van der Waals surface area contributed by atoms with Gasteiger partial charge >= 0.3 is 0 Å².